The molecule has 3 aromatic rings. The van der Waals surface area contributed by atoms with Gasteiger partial charge < -0.3 is 15.1 Å². The third-order valence-corrected chi connectivity index (χ3v) is 4.66. The van der Waals surface area contributed by atoms with Crippen molar-refractivity contribution >= 4 is 23.2 Å². The summed E-state index contributed by atoms with van der Waals surface area (Å²) in [6.07, 6.45) is 2.43. The highest BCUT2D eigenvalue weighted by Crippen LogP contribution is 2.21. The average Bonchev–Trinajstić information content (AvgIpc) is 3.16. The van der Waals surface area contributed by atoms with Crippen LogP contribution in [0, 0.1) is 6.92 Å². The van der Waals surface area contributed by atoms with Crippen LogP contribution in [-0.4, -0.2) is 12.5 Å². The molecule has 0 saturated heterocycles. The number of rotatable bonds is 7. The molecule has 0 aliphatic rings. The number of hydrogen-bond donors (Lipinski definition) is 2. The molecule has 0 unspecified atom stereocenters. The predicted octanol–water partition coefficient (Wildman–Crippen LogP) is 3.73. The molecule has 5 heteroatoms. The molecule has 3 N–H and O–H groups in total. The number of halogens is 1. The number of hydrogen-bond acceptors (Lipinski definition) is 2. The van der Waals surface area contributed by atoms with E-state index < -0.39 is 0 Å². The van der Waals surface area contributed by atoms with E-state index in [9.17, 15) is 4.79 Å². The first-order chi connectivity index (χ1) is 12.6. The lowest BCUT2D eigenvalue weighted by Crippen LogP contribution is -2.87. The Kier molecular flexibility index (Phi) is 6.10. The average molecular weight is 370 g/mol. The van der Waals surface area contributed by atoms with Crippen LogP contribution in [0.5, 0.6) is 0 Å². The fourth-order valence-electron chi connectivity index (χ4n) is 2.79. The number of quaternary nitrogens is 1. The van der Waals surface area contributed by atoms with Gasteiger partial charge in [0.25, 0.3) is 5.91 Å². The Hall–Kier alpha value is -2.56. The van der Waals surface area contributed by atoms with Gasteiger partial charge in [-0.15, -0.1) is 0 Å². The lowest BCUT2D eigenvalue weighted by molar-refractivity contribution is -0.682. The molecule has 134 valence electrons. The number of anilines is 1. The largest absolute Gasteiger partial charge is 0.469 e. The standard InChI is InChI=1S/C21H21ClN2O2/c1-15-9-10-17(14-19(15)22)24-21(25)20(16-6-3-2-4-7-16)23-12-11-18-8-5-13-26-18/h2-10,13-14,20,23H,11-12H2,1H3,(H,24,25)/p+1/t20-/m1/s1. The molecular formula is C21H22ClN2O2+. The van der Waals surface area contributed by atoms with Gasteiger partial charge in [-0.2, -0.15) is 0 Å². The van der Waals surface area contributed by atoms with Crippen molar-refractivity contribution in [2.45, 2.75) is 19.4 Å². The topological polar surface area (TPSA) is 58.9 Å². The Labute approximate surface area is 158 Å². The number of nitrogens with one attached hydrogen (secondary N) is 1. The summed E-state index contributed by atoms with van der Waals surface area (Å²) in [5.74, 6) is 0.842. The minimum atomic E-state index is -0.341. The number of amides is 1. The summed E-state index contributed by atoms with van der Waals surface area (Å²) in [4.78, 5) is 12.9. The van der Waals surface area contributed by atoms with Crippen molar-refractivity contribution in [2.24, 2.45) is 0 Å². The molecule has 1 heterocycles. The summed E-state index contributed by atoms with van der Waals surface area (Å²) < 4.78 is 5.37. The van der Waals surface area contributed by atoms with Crippen LogP contribution in [0.2, 0.25) is 5.02 Å². The van der Waals surface area contributed by atoms with E-state index in [1.807, 2.05) is 66.8 Å². The van der Waals surface area contributed by atoms with Gasteiger partial charge in [-0.3, -0.25) is 4.79 Å². The first-order valence-electron chi connectivity index (χ1n) is 8.61. The molecule has 0 spiro atoms. The second kappa shape index (κ2) is 8.70. The zero-order chi connectivity index (χ0) is 18.4. The summed E-state index contributed by atoms with van der Waals surface area (Å²) in [6.45, 7) is 2.68. The molecule has 1 atom stereocenters. The number of aryl methyl sites for hydroxylation is 1. The summed E-state index contributed by atoms with van der Waals surface area (Å²) >= 11 is 6.16. The zero-order valence-electron chi connectivity index (χ0n) is 14.6. The molecule has 4 nitrogen and oxygen atoms in total. The normalized spacial score (nSPS) is 11.9. The molecule has 0 fully saturated rings. The number of carbonyl (C=O) groups is 1. The number of furan rings is 1. The van der Waals surface area contributed by atoms with Gasteiger partial charge in [0.05, 0.1) is 19.2 Å². The minimum absolute atomic E-state index is 0.0736. The van der Waals surface area contributed by atoms with Crippen LogP contribution in [0.4, 0.5) is 5.69 Å². The third-order valence-electron chi connectivity index (χ3n) is 4.25. The van der Waals surface area contributed by atoms with E-state index in [4.69, 9.17) is 16.0 Å². The first-order valence-corrected chi connectivity index (χ1v) is 8.99. The highest BCUT2D eigenvalue weighted by atomic mass is 35.5. The summed E-state index contributed by atoms with van der Waals surface area (Å²) in [5.41, 5.74) is 2.64. The molecule has 3 rings (SSSR count). The van der Waals surface area contributed by atoms with Crippen LogP contribution in [0.3, 0.4) is 0 Å². The Morgan fingerprint density at radius 1 is 1.15 bits per heavy atom. The van der Waals surface area contributed by atoms with Crippen molar-refractivity contribution < 1.29 is 14.5 Å². The molecule has 1 aromatic heterocycles. The van der Waals surface area contributed by atoms with E-state index in [-0.39, 0.29) is 11.9 Å². The monoisotopic (exact) mass is 369 g/mol. The predicted molar refractivity (Wildman–Crippen MR) is 103 cm³/mol. The maximum atomic E-state index is 12.9. The highest BCUT2D eigenvalue weighted by Gasteiger charge is 2.24. The molecule has 0 aliphatic carbocycles. The lowest BCUT2D eigenvalue weighted by Gasteiger charge is -2.16. The number of nitrogens with two attached hydrogens (primary N) is 1. The molecule has 0 bridgehead atoms. The van der Waals surface area contributed by atoms with E-state index in [0.29, 0.717) is 10.7 Å². The van der Waals surface area contributed by atoms with Gasteiger partial charge in [-0.05, 0) is 36.8 Å². The van der Waals surface area contributed by atoms with E-state index >= 15 is 0 Å². The minimum Gasteiger partial charge on any atom is -0.469 e. The van der Waals surface area contributed by atoms with Gasteiger partial charge in [0.1, 0.15) is 5.76 Å². The Bertz CT molecular complexity index is 848. The molecule has 0 saturated carbocycles. The summed E-state index contributed by atoms with van der Waals surface area (Å²) in [7, 11) is 0. The molecule has 1 amide bonds. The molecular weight excluding hydrogens is 348 g/mol. The molecule has 0 aliphatic heterocycles. The van der Waals surface area contributed by atoms with E-state index in [1.54, 1.807) is 12.3 Å². The van der Waals surface area contributed by atoms with Crippen LogP contribution < -0.4 is 10.6 Å². The van der Waals surface area contributed by atoms with Crippen molar-refractivity contribution in [3.05, 3.63) is 88.8 Å². The van der Waals surface area contributed by atoms with Gasteiger partial charge in [-0.25, -0.2) is 0 Å². The van der Waals surface area contributed by atoms with Crippen LogP contribution in [-0.2, 0) is 11.2 Å². The van der Waals surface area contributed by atoms with Crippen molar-refractivity contribution in [3.63, 3.8) is 0 Å². The molecule has 0 radical (unpaired) electrons. The summed E-state index contributed by atoms with van der Waals surface area (Å²) in [6, 6.07) is 18.8. The number of benzene rings is 2. The van der Waals surface area contributed by atoms with E-state index in [1.165, 1.54) is 0 Å². The fraction of sp³-hybridized carbons (Fsp3) is 0.190. The second-order valence-electron chi connectivity index (χ2n) is 6.20. The molecule has 26 heavy (non-hydrogen) atoms. The van der Waals surface area contributed by atoms with Crippen molar-refractivity contribution in [3.8, 4) is 0 Å². The smallest absolute Gasteiger partial charge is 0.287 e. The van der Waals surface area contributed by atoms with Crippen molar-refractivity contribution in [1.82, 2.24) is 0 Å². The Balaban J connectivity index is 1.71. The van der Waals surface area contributed by atoms with Crippen LogP contribution in [0.1, 0.15) is 22.9 Å². The quantitative estimate of drug-likeness (QED) is 0.666. The first kappa shape index (κ1) is 18.2. The maximum absolute atomic E-state index is 12.9. The van der Waals surface area contributed by atoms with Gasteiger partial charge in [0.15, 0.2) is 6.04 Å². The van der Waals surface area contributed by atoms with E-state index in [0.717, 1.165) is 29.9 Å². The number of carbonyl (C=O) groups excluding carboxylic acids is 1. The van der Waals surface area contributed by atoms with Gasteiger partial charge in [0.2, 0.25) is 0 Å². The zero-order valence-corrected chi connectivity index (χ0v) is 15.4. The highest BCUT2D eigenvalue weighted by molar-refractivity contribution is 6.31. The fourth-order valence-corrected chi connectivity index (χ4v) is 2.97. The Morgan fingerprint density at radius 3 is 2.65 bits per heavy atom. The van der Waals surface area contributed by atoms with Crippen molar-refractivity contribution in [1.29, 1.82) is 0 Å². The van der Waals surface area contributed by atoms with Crippen LogP contribution in [0.15, 0.2) is 71.3 Å². The Morgan fingerprint density at radius 2 is 1.96 bits per heavy atom. The van der Waals surface area contributed by atoms with Gasteiger partial charge >= 0.3 is 0 Å². The molecule has 2 aromatic carbocycles. The van der Waals surface area contributed by atoms with Gasteiger partial charge in [-0.1, -0.05) is 48.0 Å². The maximum Gasteiger partial charge on any atom is 0.287 e. The van der Waals surface area contributed by atoms with Crippen LogP contribution in [0.25, 0.3) is 0 Å². The SMILES string of the molecule is Cc1ccc(NC(=O)[C@H]([NH2+]CCc2ccco2)c2ccccc2)cc1Cl. The van der Waals surface area contributed by atoms with Crippen LogP contribution >= 0.6 is 11.6 Å². The lowest BCUT2D eigenvalue weighted by atomic mass is 10.1. The van der Waals surface area contributed by atoms with E-state index in [2.05, 4.69) is 5.32 Å². The van der Waals surface area contributed by atoms with Crippen molar-refractivity contribution in [2.75, 3.05) is 11.9 Å². The van der Waals surface area contributed by atoms with Gasteiger partial charge in [0, 0.05) is 16.3 Å². The third kappa shape index (κ3) is 4.75. The summed E-state index contributed by atoms with van der Waals surface area (Å²) in [5, 5.41) is 5.64. The second-order valence-corrected chi connectivity index (χ2v) is 6.60.